The number of piperidine rings is 1. The maximum Gasteiger partial charge on any atom is 0.315 e. The van der Waals surface area contributed by atoms with Crippen molar-refractivity contribution in [3.8, 4) is 0 Å². The number of hydrogen-bond donors (Lipinski definition) is 2. The lowest BCUT2D eigenvalue weighted by Gasteiger charge is -2.43. The lowest BCUT2D eigenvalue weighted by Crippen LogP contribution is -2.51. The minimum atomic E-state index is -0.592. The van der Waals surface area contributed by atoms with Crippen molar-refractivity contribution in [2.24, 2.45) is 11.8 Å². The normalized spacial score (nSPS) is 27.9. The first kappa shape index (κ1) is 21.2. The summed E-state index contributed by atoms with van der Waals surface area (Å²) in [5.74, 6) is 1.69. The topological polar surface area (TPSA) is 64.7 Å². The third-order valence-electron chi connectivity index (χ3n) is 7.56. The molecule has 164 valence electrons. The van der Waals surface area contributed by atoms with Gasteiger partial charge in [0.05, 0.1) is 0 Å². The van der Waals surface area contributed by atoms with Crippen LogP contribution in [-0.2, 0) is 4.79 Å². The van der Waals surface area contributed by atoms with E-state index in [4.69, 9.17) is 0 Å². The van der Waals surface area contributed by atoms with Crippen LogP contribution in [0.5, 0.6) is 0 Å². The first-order valence-corrected chi connectivity index (χ1v) is 11.6. The Bertz CT molecular complexity index is 764. The Morgan fingerprint density at radius 1 is 1.00 bits per heavy atom. The predicted molar refractivity (Wildman–Crippen MR) is 119 cm³/mol. The zero-order chi connectivity index (χ0) is 21.3. The number of amides is 3. The summed E-state index contributed by atoms with van der Waals surface area (Å²) in [6.45, 7) is 6.82. The summed E-state index contributed by atoms with van der Waals surface area (Å²) < 4.78 is 0. The molecule has 3 aliphatic rings. The highest BCUT2D eigenvalue weighted by Crippen LogP contribution is 2.40. The Morgan fingerprint density at radius 2 is 1.67 bits per heavy atom. The quantitative estimate of drug-likeness (QED) is 0.793. The molecule has 2 N–H and O–H groups in total. The summed E-state index contributed by atoms with van der Waals surface area (Å²) in [6, 6.07) is 7.88. The van der Waals surface area contributed by atoms with Crippen molar-refractivity contribution in [3.05, 3.63) is 29.8 Å². The van der Waals surface area contributed by atoms with Gasteiger partial charge < -0.3 is 20.4 Å². The molecule has 0 aromatic heterocycles. The van der Waals surface area contributed by atoms with Crippen LogP contribution in [0.3, 0.4) is 0 Å². The van der Waals surface area contributed by atoms with Gasteiger partial charge in [0.1, 0.15) is 6.04 Å². The molecule has 0 bridgehead atoms. The van der Waals surface area contributed by atoms with E-state index in [1.807, 2.05) is 29.2 Å². The maximum absolute atomic E-state index is 13.3. The molecule has 0 spiro atoms. The van der Waals surface area contributed by atoms with Crippen LogP contribution in [0, 0.1) is 11.8 Å². The van der Waals surface area contributed by atoms with Gasteiger partial charge in [-0.1, -0.05) is 32.0 Å². The molecule has 4 rings (SSSR count). The SMILES string of the molecule is CNC(=O)NC1C(=O)N(C2CCN([C@H]3CC[C@@H](C(C)C)CC3)CC2)c2ccccc21. The van der Waals surface area contributed by atoms with Gasteiger partial charge in [0.2, 0.25) is 0 Å². The van der Waals surface area contributed by atoms with Gasteiger partial charge in [0.15, 0.2) is 0 Å². The average Bonchev–Trinajstić information content (AvgIpc) is 3.05. The van der Waals surface area contributed by atoms with Gasteiger partial charge in [-0.25, -0.2) is 4.79 Å². The maximum atomic E-state index is 13.3. The Labute approximate surface area is 180 Å². The fourth-order valence-electron chi connectivity index (χ4n) is 5.70. The van der Waals surface area contributed by atoms with Gasteiger partial charge in [-0.2, -0.15) is 0 Å². The molecule has 1 aliphatic carbocycles. The first-order chi connectivity index (χ1) is 14.5. The fraction of sp³-hybridized carbons (Fsp3) is 0.667. The van der Waals surface area contributed by atoms with Crippen molar-refractivity contribution >= 4 is 17.6 Å². The van der Waals surface area contributed by atoms with Crippen molar-refractivity contribution in [2.45, 2.75) is 70.5 Å². The average molecular weight is 413 g/mol. The zero-order valence-electron chi connectivity index (χ0n) is 18.6. The minimum absolute atomic E-state index is 0.00399. The van der Waals surface area contributed by atoms with Crippen LogP contribution in [0.4, 0.5) is 10.5 Å². The van der Waals surface area contributed by atoms with Gasteiger partial charge in [0, 0.05) is 43.5 Å². The van der Waals surface area contributed by atoms with Crippen LogP contribution < -0.4 is 15.5 Å². The number of carbonyl (C=O) groups excluding carboxylic acids is 2. The second kappa shape index (κ2) is 8.96. The number of rotatable bonds is 4. The minimum Gasteiger partial charge on any atom is -0.341 e. The number of urea groups is 1. The van der Waals surface area contributed by atoms with E-state index in [0.29, 0.717) is 6.04 Å². The summed E-state index contributed by atoms with van der Waals surface area (Å²) >= 11 is 0. The highest BCUT2D eigenvalue weighted by atomic mass is 16.2. The van der Waals surface area contributed by atoms with Crippen LogP contribution in [0.15, 0.2) is 24.3 Å². The molecule has 1 aromatic carbocycles. The number of carbonyl (C=O) groups is 2. The molecule has 2 fully saturated rings. The number of nitrogens with one attached hydrogen (secondary N) is 2. The van der Waals surface area contributed by atoms with Gasteiger partial charge >= 0.3 is 6.03 Å². The van der Waals surface area contributed by atoms with Crippen LogP contribution in [0.2, 0.25) is 0 Å². The standard InChI is InChI=1S/C24H36N4O2/c1-16(2)17-8-10-18(11-9-17)27-14-12-19(13-15-27)28-21-7-5-4-6-20(21)22(23(28)29)26-24(30)25-3/h4-7,16-19,22H,8-15H2,1-3H3,(H2,25,26,30)/t17-,18+,22?. The highest BCUT2D eigenvalue weighted by Gasteiger charge is 2.42. The second-order valence-electron chi connectivity index (χ2n) is 9.50. The summed E-state index contributed by atoms with van der Waals surface area (Å²) in [5.41, 5.74) is 1.86. The van der Waals surface area contributed by atoms with E-state index in [1.54, 1.807) is 7.05 Å². The number of hydrogen-bond acceptors (Lipinski definition) is 3. The molecule has 2 heterocycles. The molecule has 6 nitrogen and oxygen atoms in total. The Balaban J connectivity index is 1.40. The number of anilines is 1. The lowest BCUT2D eigenvalue weighted by molar-refractivity contribution is -0.120. The second-order valence-corrected chi connectivity index (χ2v) is 9.50. The van der Waals surface area contributed by atoms with Gasteiger partial charge in [0.25, 0.3) is 5.91 Å². The molecule has 1 aromatic rings. The molecule has 6 heteroatoms. The van der Waals surface area contributed by atoms with Crippen LogP contribution in [0.1, 0.15) is 64.0 Å². The van der Waals surface area contributed by atoms with Gasteiger partial charge in [-0.15, -0.1) is 0 Å². The van der Waals surface area contributed by atoms with Crippen molar-refractivity contribution in [3.63, 3.8) is 0 Å². The molecular weight excluding hydrogens is 376 g/mol. The highest BCUT2D eigenvalue weighted by molar-refractivity contribution is 6.06. The molecule has 1 atom stereocenters. The number of fused-ring (bicyclic) bond motifs is 1. The molecule has 0 radical (unpaired) electrons. The van der Waals surface area contributed by atoms with Crippen molar-refractivity contribution in [1.29, 1.82) is 0 Å². The Kier molecular flexibility index (Phi) is 6.32. The van der Waals surface area contributed by atoms with Crippen molar-refractivity contribution in [2.75, 3.05) is 25.0 Å². The molecule has 3 amide bonds. The summed E-state index contributed by atoms with van der Waals surface area (Å²) in [6.07, 6.45) is 7.34. The third kappa shape index (κ3) is 4.07. The van der Waals surface area contributed by atoms with E-state index >= 15 is 0 Å². The Hall–Kier alpha value is -2.08. The number of nitrogens with zero attached hydrogens (tertiary/aromatic N) is 2. The molecular formula is C24H36N4O2. The summed E-state index contributed by atoms with van der Waals surface area (Å²) in [4.78, 5) is 29.8. The molecule has 2 aliphatic heterocycles. The largest absolute Gasteiger partial charge is 0.341 e. The molecule has 1 saturated carbocycles. The fourth-order valence-corrected chi connectivity index (χ4v) is 5.70. The van der Waals surface area contributed by atoms with Gasteiger partial charge in [-0.05, 0) is 56.4 Å². The monoisotopic (exact) mass is 412 g/mol. The van der Waals surface area contributed by atoms with E-state index < -0.39 is 6.04 Å². The van der Waals surface area contributed by atoms with Crippen molar-refractivity contribution in [1.82, 2.24) is 15.5 Å². The van der Waals surface area contributed by atoms with E-state index in [9.17, 15) is 9.59 Å². The van der Waals surface area contributed by atoms with E-state index in [0.717, 1.165) is 49.0 Å². The van der Waals surface area contributed by atoms with Crippen molar-refractivity contribution < 1.29 is 9.59 Å². The number of likely N-dealkylation sites (tertiary alicyclic amines) is 1. The zero-order valence-corrected chi connectivity index (χ0v) is 18.6. The van der Waals surface area contributed by atoms with E-state index in [1.165, 1.54) is 25.7 Å². The summed E-state index contributed by atoms with van der Waals surface area (Å²) in [5, 5.41) is 5.39. The lowest BCUT2D eigenvalue weighted by atomic mass is 9.79. The molecule has 30 heavy (non-hydrogen) atoms. The van der Waals surface area contributed by atoms with E-state index in [-0.39, 0.29) is 18.0 Å². The first-order valence-electron chi connectivity index (χ1n) is 11.6. The predicted octanol–water partition coefficient (Wildman–Crippen LogP) is 3.68. The van der Waals surface area contributed by atoms with Crippen LogP contribution in [0.25, 0.3) is 0 Å². The number of benzene rings is 1. The summed E-state index contributed by atoms with van der Waals surface area (Å²) in [7, 11) is 1.57. The van der Waals surface area contributed by atoms with Crippen LogP contribution in [-0.4, -0.2) is 49.1 Å². The van der Waals surface area contributed by atoms with Crippen LogP contribution >= 0.6 is 0 Å². The molecule has 1 unspecified atom stereocenters. The molecule has 1 saturated heterocycles. The Morgan fingerprint density at radius 3 is 2.30 bits per heavy atom. The number of para-hydroxylation sites is 1. The third-order valence-corrected chi connectivity index (χ3v) is 7.56. The van der Waals surface area contributed by atoms with E-state index in [2.05, 4.69) is 29.4 Å². The smallest absolute Gasteiger partial charge is 0.315 e. The van der Waals surface area contributed by atoms with Gasteiger partial charge in [-0.3, -0.25) is 4.79 Å².